The minimum atomic E-state index is -0.573. The molecule has 21 heavy (non-hydrogen) atoms. The maximum Gasteiger partial charge on any atom is 0.174 e. The third-order valence-corrected chi connectivity index (χ3v) is 4.49. The lowest BCUT2D eigenvalue weighted by Crippen LogP contribution is -2.06. The second kappa shape index (κ2) is 6.43. The summed E-state index contributed by atoms with van der Waals surface area (Å²) in [6.45, 7) is 5.42. The summed E-state index contributed by atoms with van der Waals surface area (Å²) in [5.41, 5.74) is 2.41. The molecular formula is C16H17F2NOS. The Bertz CT molecular complexity index is 646. The third-order valence-electron chi connectivity index (χ3n) is 3.32. The van der Waals surface area contributed by atoms with Crippen molar-refractivity contribution >= 4 is 17.5 Å². The van der Waals surface area contributed by atoms with Gasteiger partial charge in [-0.3, -0.25) is 4.79 Å². The number of Topliss-reactive ketones (excluding diaryl/α,β-unsaturated/α-hetero) is 1. The average Bonchev–Trinajstić information content (AvgIpc) is 2.75. The van der Waals surface area contributed by atoms with Crippen molar-refractivity contribution in [3.05, 3.63) is 58.4 Å². The van der Waals surface area contributed by atoms with Gasteiger partial charge in [-0.1, -0.05) is 6.07 Å². The van der Waals surface area contributed by atoms with E-state index in [1.165, 1.54) is 30.0 Å². The monoisotopic (exact) mass is 309 g/mol. The highest BCUT2D eigenvalue weighted by Crippen LogP contribution is 2.32. The van der Waals surface area contributed by atoms with E-state index in [1.54, 1.807) is 13.0 Å². The lowest BCUT2D eigenvalue weighted by atomic mass is 10.1. The van der Waals surface area contributed by atoms with Crippen LogP contribution in [0.25, 0.3) is 0 Å². The Balaban J connectivity index is 2.06. The molecule has 1 unspecified atom stereocenters. The van der Waals surface area contributed by atoms with E-state index < -0.39 is 16.9 Å². The summed E-state index contributed by atoms with van der Waals surface area (Å²) >= 11 is 1.24. The zero-order chi connectivity index (χ0) is 15.6. The van der Waals surface area contributed by atoms with Crippen LogP contribution >= 0.6 is 11.8 Å². The summed E-state index contributed by atoms with van der Waals surface area (Å²) in [7, 11) is 0. The molecule has 0 radical (unpaired) electrons. The van der Waals surface area contributed by atoms with Crippen LogP contribution in [0.15, 0.2) is 24.3 Å². The molecule has 2 aromatic rings. The maximum absolute atomic E-state index is 13.7. The van der Waals surface area contributed by atoms with Crippen molar-refractivity contribution in [1.29, 1.82) is 0 Å². The van der Waals surface area contributed by atoms with Gasteiger partial charge in [0.15, 0.2) is 5.78 Å². The number of rotatable bonds is 5. The number of thioether (sulfide) groups is 1. The fraction of sp³-hybridized carbons (Fsp3) is 0.312. The summed E-state index contributed by atoms with van der Waals surface area (Å²) in [4.78, 5) is 15.2. The van der Waals surface area contributed by atoms with Crippen LogP contribution in [0.3, 0.4) is 0 Å². The highest BCUT2D eigenvalue weighted by molar-refractivity contribution is 8.00. The van der Waals surface area contributed by atoms with Crippen LogP contribution in [0.5, 0.6) is 0 Å². The number of aryl methyl sites for hydroxylation is 2. The van der Waals surface area contributed by atoms with Gasteiger partial charge in [0.1, 0.15) is 11.6 Å². The standard InChI is InChI=1S/C16H17F2NOS/c1-9-7-12(10(2)19-9)15(20)8-21-11(3)16-13(17)5-4-6-14(16)18/h4-7,11,19H,8H2,1-3H3. The molecule has 0 saturated heterocycles. The number of ketones is 1. The Hall–Kier alpha value is -1.62. The zero-order valence-corrected chi connectivity index (χ0v) is 13.0. The quantitative estimate of drug-likeness (QED) is 0.820. The van der Waals surface area contributed by atoms with E-state index >= 15 is 0 Å². The summed E-state index contributed by atoms with van der Waals surface area (Å²) in [6, 6.07) is 5.60. The number of aromatic amines is 1. The number of halogens is 2. The second-order valence-electron chi connectivity index (χ2n) is 5.00. The van der Waals surface area contributed by atoms with Crippen molar-refractivity contribution < 1.29 is 13.6 Å². The molecule has 5 heteroatoms. The van der Waals surface area contributed by atoms with Crippen LogP contribution in [0.4, 0.5) is 8.78 Å². The molecule has 112 valence electrons. The molecule has 2 rings (SSSR count). The lowest BCUT2D eigenvalue weighted by Gasteiger charge is -2.13. The van der Waals surface area contributed by atoms with Gasteiger partial charge >= 0.3 is 0 Å². The molecule has 1 N–H and O–H groups in total. The summed E-state index contributed by atoms with van der Waals surface area (Å²) < 4.78 is 27.3. The number of hydrogen-bond donors (Lipinski definition) is 1. The molecule has 0 aliphatic rings. The van der Waals surface area contributed by atoms with Crippen molar-refractivity contribution in [1.82, 2.24) is 4.98 Å². The van der Waals surface area contributed by atoms with E-state index in [9.17, 15) is 13.6 Å². The average molecular weight is 309 g/mol. The van der Waals surface area contributed by atoms with Gasteiger partial charge in [0.2, 0.25) is 0 Å². The van der Waals surface area contributed by atoms with Crippen molar-refractivity contribution in [2.75, 3.05) is 5.75 Å². The van der Waals surface area contributed by atoms with E-state index in [2.05, 4.69) is 4.98 Å². The van der Waals surface area contributed by atoms with Gasteiger partial charge in [0.05, 0.1) is 5.75 Å². The number of nitrogens with one attached hydrogen (secondary N) is 1. The normalized spacial score (nSPS) is 12.4. The molecule has 0 amide bonds. The highest BCUT2D eigenvalue weighted by Gasteiger charge is 2.19. The first-order valence-corrected chi connectivity index (χ1v) is 7.70. The number of carbonyl (C=O) groups excluding carboxylic acids is 1. The minimum absolute atomic E-state index is 0.0253. The second-order valence-corrected chi connectivity index (χ2v) is 6.33. The van der Waals surface area contributed by atoms with Crippen LogP contribution in [-0.2, 0) is 0 Å². The molecule has 0 aliphatic heterocycles. The maximum atomic E-state index is 13.7. The van der Waals surface area contributed by atoms with Gasteiger partial charge < -0.3 is 4.98 Å². The van der Waals surface area contributed by atoms with Crippen LogP contribution < -0.4 is 0 Å². The lowest BCUT2D eigenvalue weighted by molar-refractivity contribution is 0.102. The predicted octanol–water partition coefficient (Wildman–Crippen LogP) is 4.59. The molecule has 0 aliphatic carbocycles. The number of hydrogen-bond acceptors (Lipinski definition) is 2. The van der Waals surface area contributed by atoms with E-state index in [-0.39, 0.29) is 17.1 Å². The third kappa shape index (κ3) is 3.53. The van der Waals surface area contributed by atoms with Gasteiger partial charge in [0.25, 0.3) is 0 Å². The number of benzene rings is 1. The van der Waals surface area contributed by atoms with Gasteiger partial charge in [-0.2, -0.15) is 0 Å². The molecule has 1 heterocycles. The summed E-state index contributed by atoms with van der Waals surface area (Å²) in [5, 5.41) is -0.421. The molecule has 0 fully saturated rings. The first-order chi connectivity index (χ1) is 9.90. The largest absolute Gasteiger partial charge is 0.362 e. The SMILES string of the molecule is Cc1cc(C(=O)CSC(C)c2c(F)cccc2F)c(C)[nH]1. The Morgan fingerprint density at radius 3 is 2.43 bits per heavy atom. The van der Waals surface area contributed by atoms with E-state index in [0.717, 1.165) is 11.4 Å². The van der Waals surface area contributed by atoms with Crippen molar-refractivity contribution in [2.45, 2.75) is 26.0 Å². The Morgan fingerprint density at radius 1 is 1.29 bits per heavy atom. The topological polar surface area (TPSA) is 32.9 Å². The van der Waals surface area contributed by atoms with Crippen molar-refractivity contribution in [2.24, 2.45) is 0 Å². The predicted molar refractivity (Wildman–Crippen MR) is 81.8 cm³/mol. The Kier molecular flexibility index (Phi) is 4.83. The molecule has 1 aromatic heterocycles. The van der Waals surface area contributed by atoms with Gasteiger partial charge in [0, 0.05) is 27.8 Å². The molecule has 0 saturated carbocycles. The fourth-order valence-corrected chi connectivity index (χ4v) is 3.22. The van der Waals surface area contributed by atoms with E-state index in [4.69, 9.17) is 0 Å². The summed E-state index contributed by atoms with van der Waals surface area (Å²) in [6.07, 6.45) is 0. The van der Waals surface area contributed by atoms with Crippen LogP contribution in [-0.4, -0.2) is 16.5 Å². The van der Waals surface area contributed by atoms with Crippen molar-refractivity contribution in [3.8, 4) is 0 Å². The number of carbonyl (C=O) groups is 1. The van der Waals surface area contributed by atoms with Crippen LogP contribution in [0.2, 0.25) is 0 Å². The molecule has 0 bridgehead atoms. The fourth-order valence-electron chi connectivity index (χ4n) is 2.27. The first-order valence-electron chi connectivity index (χ1n) is 6.65. The summed E-state index contributed by atoms with van der Waals surface area (Å²) in [5.74, 6) is -0.995. The smallest absolute Gasteiger partial charge is 0.174 e. The van der Waals surface area contributed by atoms with Crippen LogP contribution in [0.1, 0.15) is 39.5 Å². The Labute approximate surface area is 127 Å². The van der Waals surface area contributed by atoms with Gasteiger partial charge in [-0.25, -0.2) is 8.78 Å². The molecule has 2 nitrogen and oxygen atoms in total. The molecular weight excluding hydrogens is 292 g/mol. The van der Waals surface area contributed by atoms with E-state index in [1.807, 2.05) is 13.8 Å². The van der Waals surface area contributed by atoms with Crippen LogP contribution in [0, 0.1) is 25.5 Å². The minimum Gasteiger partial charge on any atom is -0.362 e. The zero-order valence-electron chi connectivity index (χ0n) is 12.2. The number of H-pyrrole nitrogens is 1. The van der Waals surface area contributed by atoms with E-state index in [0.29, 0.717) is 5.56 Å². The number of aromatic nitrogens is 1. The molecule has 1 atom stereocenters. The first kappa shape index (κ1) is 15.8. The molecule has 0 spiro atoms. The Morgan fingerprint density at radius 2 is 1.90 bits per heavy atom. The van der Waals surface area contributed by atoms with Crippen molar-refractivity contribution in [3.63, 3.8) is 0 Å². The highest BCUT2D eigenvalue weighted by atomic mass is 32.2. The molecule has 1 aromatic carbocycles. The van der Waals surface area contributed by atoms with Gasteiger partial charge in [-0.15, -0.1) is 11.8 Å². The van der Waals surface area contributed by atoms with Gasteiger partial charge in [-0.05, 0) is 39.0 Å².